The van der Waals surface area contributed by atoms with Crippen LogP contribution < -0.4 is 10.3 Å². The van der Waals surface area contributed by atoms with Gasteiger partial charge in [0, 0.05) is 20.4 Å². The smallest absolute Gasteiger partial charge is 0.335 e. The third kappa shape index (κ3) is 5.74. The Bertz CT molecular complexity index is 1530. The number of carbonyl (C=O) groups is 1. The molecule has 1 atom stereocenters. The minimum atomic E-state index is -0.994. The van der Waals surface area contributed by atoms with E-state index in [1.165, 1.54) is 10.7 Å². The van der Waals surface area contributed by atoms with Crippen LogP contribution in [0.2, 0.25) is 0 Å². The molecule has 0 saturated carbocycles. The Morgan fingerprint density at radius 2 is 1.89 bits per heavy atom. The number of nitrogens with zero attached hydrogens (tertiary/aromatic N) is 3. The molecular weight excluding hydrogens is 590 g/mol. The first-order valence-electron chi connectivity index (χ1n) is 11.3. The molecule has 1 N–H and O–H groups in total. The first kappa shape index (κ1) is 25.8. The Morgan fingerprint density at radius 3 is 2.64 bits per heavy atom. The summed E-state index contributed by atoms with van der Waals surface area (Å²) in [5.74, 6) is 0.142. The van der Waals surface area contributed by atoms with Gasteiger partial charge in [0.1, 0.15) is 18.2 Å². The van der Waals surface area contributed by atoms with Gasteiger partial charge in [-0.2, -0.15) is 9.78 Å². The molecule has 0 amide bonds. The standard InChI is InChI=1S/C27H23Br2N3O4/c1-3-16(2)25-31-23-9-7-21(29)13-22(23)26(33)32(25)30-14-19-12-20(28)8-10-24(19)36-15-17-5-4-6-18(11-17)27(34)35/h4-14,16H,3,15H2,1-2H3,(H,34,35)/t16-/m0/s1. The molecular formula is C27H23Br2N3O4. The van der Waals surface area contributed by atoms with E-state index in [4.69, 9.17) is 9.72 Å². The highest BCUT2D eigenvalue weighted by Crippen LogP contribution is 2.24. The highest BCUT2D eigenvalue weighted by Gasteiger charge is 2.16. The van der Waals surface area contributed by atoms with Crippen molar-refractivity contribution in [3.63, 3.8) is 0 Å². The van der Waals surface area contributed by atoms with Crippen molar-refractivity contribution >= 4 is 54.9 Å². The number of ether oxygens (including phenoxy) is 1. The molecule has 0 radical (unpaired) electrons. The molecule has 7 nitrogen and oxygen atoms in total. The average Bonchev–Trinajstić information content (AvgIpc) is 2.87. The van der Waals surface area contributed by atoms with Crippen LogP contribution in [0, 0.1) is 0 Å². The third-order valence-electron chi connectivity index (χ3n) is 5.74. The van der Waals surface area contributed by atoms with E-state index < -0.39 is 5.97 Å². The lowest BCUT2D eigenvalue weighted by molar-refractivity contribution is 0.0696. The number of benzene rings is 3. The van der Waals surface area contributed by atoms with E-state index in [0.29, 0.717) is 28.0 Å². The minimum Gasteiger partial charge on any atom is -0.488 e. The molecule has 1 aromatic heterocycles. The van der Waals surface area contributed by atoms with Crippen molar-refractivity contribution in [1.82, 2.24) is 9.66 Å². The lowest BCUT2D eigenvalue weighted by Crippen LogP contribution is -2.23. The van der Waals surface area contributed by atoms with Gasteiger partial charge in [-0.1, -0.05) is 57.8 Å². The number of aromatic carboxylic acids is 1. The van der Waals surface area contributed by atoms with Gasteiger partial charge in [0.25, 0.3) is 5.56 Å². The van der Waals surface area contributed by atoms with Crippen LogP contribution >= 0.6 is 31.9 Å². The van der Waals surface area contributed by atoms with E-state index in [9.17, 15) is 14.7 Å². The minimum absolute atomic E-state index is 0.0163. The van der Waals surface area contributed by atoms with Crippen LogP contribution in [0.5, 0.6) is 5.75 Å². The molecule has 184 valence electrons. The van der Waals surface area contributed by atoms with E-state index in [1.54, 1.807) is 36.5 Å². The Hall–Kier alpha value is -3.30. The molecule has 0 spiro atoms. The van der Waals surface area contributed by atoms with Gasteiger partial charge < -0.3 is 9.84 Å². The largest absolute Gasteiger partial charge is 0.488 e. The number of rotatable bonds is 8. The lowest BCUT2D eigenvalue weighted by atomic mass is 10.1. The monoisotopic (exact) mass is 611 g/mol. The Kier molecular flexibility index (Phi) is 8.01. The van der Waals surface area contributed by atoms with Gasteiger partial charge in [0.15, 0.2) is 0 Å². The molecule has 4 rings (SSSR count). The second kappa shape index (κ2) is 11.2. The second-order valence-corrected chi connectivity index (χ2v) is 10.1. The molecule has 0 aliphatic heterocycles. The summed E-state index contributed by atoms with van der Waals surface area (Å²) in [7, 11) is 0. The van der Waals surface area contributed by atoms with E-state index in [0.717, 1.165) is 20.9 Å². The number of carboxylic acid groups (broad SMARTS) is 1. The van der Waals surface area contributed by atoms with Crippen LogP contribution in [-0.2, 0) is 6.61 Å². The Balaban J connectivity index is 1.72. The van der Waals surface area contributed by atoms with Gasteiger partial charge in [0.2, 0.25) is 0 Å². The SMILES string of the molecule is CC[C@H](C)c1nc2ccc(Br)cc2c(=O)n1N=Cc1cc(Br)ccc1OCc1cccc(C(=O)O)c1. The van der Waals surface area contributed by atoms with E-state index >= 15 is 0 Å². The van der Waals surface area contributed by atoms with Crippen molar-refractivity contribution in [3.8, 4) is 5.75 Å². The Labute approximate surface area is 224 Å². The predicted molar refractivity (Wildman–Crippen MR) is 147 cm³/mol. The van der Waals surface area contributed by atoms with Crippen molar-refractivity contribution in [2.24, 2.45) is 5.10 Å². The van der Waals surface area contributed by atoms with Gasteiger partial charge in [-0.25, -0.2) is 9.78 Å². The maximum Gasteiger partial charge on any atom is 0.335 e. The molecule has 3 aromatic carbocycles. The highest BCUT2D eigenvalue weighted by molar-refractivity contribution is 9.10. The molecule has 36 heavy (non-hydrogen) atoms. The number of carboxylic acids is 1. The van der Waals surface area contributed by atoms with Crippen LogP contribution in [0.25, 0.3) is 10.9 Å². The topological polar surface area (TPSA) is 93.8 Å². The van der Waals surface area contributed by atoms with Gasteiger partial charge in [-0.15, -0.1) is 0 Å². The van der Waals surface area contributed by atoms with Gasteiger partial charge in [-0.3, -0.25) is 4.79 Å². The molecule has 0 unspecified atom stereocenters. The lowest BCUT2D eigenvalue weighted by Gasteiger charge is -2.14. The molecule has 0 aliphatic carbocycles. The molecule has 0 fully saturated rings. The first-order valence-corrected chi connectivity index (χ1v) is 12.9. The number of hydrogen-bond donors (Lipinski definition) is 1. The van der Waals surface area contributed by atoms with Gasteiger partial charge in [0.05, 0.1) is 22.7 Å². The van der Waals surface area contributed by atoms with Crippen molar-refractivity contribution < 1.29 is 14.6 Å². The summed E-state index contributed by atoms with van der Waals surface area (Å²) in [6, 6.07) is 17.5. The number of hydrogen-bond acceptors (Lipinski definition) is 5. The number of halogens is 2. The summed E-state index contributed by atoms with van der Waals surface area (Å²) in [6.45, 7) is 4.22. The number of aromatic nitrogens is 2. The van der Waals surface area contributed by atoms with Crippen LogP contribution in [0.1, 0.15) is 53.5 Å². The predicted octanol–water partition coefficient (Wildman–Crippen LogP) is 6.59. The number of fused-ring (bicyclic) bond motifs is 1. The van der Waals surface area contributed by atoms with Crippen molar-refractivity contribution in [3.05, 3.63) is 102 Å². The van der Waals surface area contributed by atoms with Crippen LogP contribution in [0.4, 0.5) is 0 Å². The summed E-state index contributed by atoms with van der Waals surface area (Å²) >= 11 is 6.90. The fourth-order valence-corrected chi connectivity index (χ4v) is 4.35. The maximum atomic E-state index is 13.4. The van der Waals surface area contributed by atoms with E-state index in [2.05, 4.69) is 37.0 Å². The zero-order chi connectivity index (χ0) is 25.8. The molecule has 4 aromatic rings. The molecule has 0 bridgehead atoms. The molecule has 9 heteroatoms. The van der Waals surface area contributed by atoms with Crippen molar-refractivity contribution in [2.75, 3.05) is 0 Å². The second-order valence-electron chi connectivity index (χ2n) is 8.28. The van der Waals surface area contributed by atoms with Gasteiger partial charge >= 0.3 is 5.97 Å². The van der Waals surface area contributed by atoms with Crippen LogP contribution in [0.3, 0.4) is 0 Å². The molecule has 0 saturated heterocycles. The zero-order valence-corrected chi connectivity index (χ0v) is 22.8. The van der Waals surface area contributed by atoms with E-state index in [1.807, 2.05) is 38.1 Å². The Morgan fingerprint density at radius 1 is 1.14 bits per heavy atom. The van der Waals surface area contributed by atoms with Crippen LogP contribution in [-0.4, -0.2) is 27.0 Å². The summed E-state index contributed by atoms with van der Waals surface area (Å²) < 4.78 is 8.96. The fourth-order valence-electron chi connectivity index (χ4n) is 3.61. The highest BCUT2D eigenvalue weighted by atomic mass is 79.9. The zero-order valence-electron chi connectivity index (χ0n) is 19.6. The maximum absolute atomic E-state index is 13.4. The normalized spacial score (nSPS) is 12.2. The van der Waals surface area contributed by atoms with Crippen molar-refractivity contribution in [2.45, 2.75) is 32.8 Å². The molecule has 0 aliphatic rings. The quantitative estimate of drug-likeness (QED) is 0.226. The average molecular weight is 613 g/mol. The first-order chi connectivity index (χ1) is 17.3. The summed E-state index contributed by atoms with van der Waals surface area (Å²) in [4.78, 5) is 29.4. The summed E-state index contributed by atoms with van der Waals surface area (Å²) in [5.41, 5.74) is 1.94. The van der Waals surface area contributed by atoms with E-state index in [-0.39, 0.29) is 23.6 Å². The van der Waals surface area contributed by atoms with Crippen LogP contribution in [0.15, 0.2) is 79.5 Å². The summed E-state index contributed by atoms with van der Waals surface area (Å²) in [5, 5.41) is 14.2. The van der Waals surface area contributed by atoms with Gasteiger partial charge in [-0.05, 0) is 60.5 Å². The molecule has 1 heterocycles. The fraction of sp³-hybridized carbons (Fsp3) is 0.185. The summed E-state index contributed by atoms with van der Waals surface area (Å²) in [6.07, 6.45) is 2.37. The van der Waals surface area contributed by atoms with Crippen molar-refractivity contribution in [1.29, 1.82) is 0 Å². The third-order valence-corrected chi connectivity index (χ3v) is 6.73.